The topological polar surface area (TPSA) is 64.6 Å². The first kappa shape index (κ1) is 15.6. The van der Waals surface area contributed by atoms with Crippen molar-refractivity contribution in [2.24, 2.45) is 0 Å². The Bertz CT molecular complexity index is 640. The number of hydrogen-bond acceptors (Lipinski definition) is 4. The fraction of sp³-hybridized carbons (Fsp3) is 0.176. The quantitative estimate of drug-likeness (QED) is 0.654. The van der Waals surface area contributed by atoms with Crippen molar-refractivity contribution >= 4 is 17.6 Å². The van der Waals surface area contributed by atoms with E-state index in [2.05, 4.69) is 5.32 Å². The number of amides is 1. The summed E-state index contributed by atoms with van der Waals surface area (Å²) in [6.07, 6.45) is 0.952. The Hall–Kier alpha value is -2.82. The predicted octanol–water partition coefficient (Wildman–Crippen LogP) is 3.58. The van der Waals surface area contributed by atoms with Crippen LogP contribution in [-0.2, 0) is 9.68 Å². The summed E-state index contributed by atoms with van der Waals surface area (Å²) in [6.45, 7) is 1.87. The van der Waals surface area contributed by atoms with Gasteiger partial charge in [0, 0.05) is 12.0 Å². The second kappa shape index (κ2) is 7.83. The molecule has 0 radical (unpaired) electrons. The van der Waals surface area contributed by atoms with Crippen LogP contribution < -0.4 is 10.2 Å². The van der Waals surface area contributed by atoms with E-state index in [4.69, 9.17) is 9.78 Å². The summed E-state index contributed by atoms with van der Waals surface area (Å²) in [5, 5.41) is 2.73. The van der Waals surface area contributed by atoms with Crippen LogP contribution in [0.25, 0.3) is 0 Å². The lowest BCUT2D eigenvalue weighted by molar-refractivity contribution is -0.213. The van der Waals surface area contributed by atoms with E-state index < -0.39 is 5.97 Å². The first-order valence-corrected chi connectivity index (χ1v) is 7.03. The summed E-state index contributed by atoms with van der Waals surface area (Å²) < 4.78 is 0. The van der Waals surface area contributed by atoms with Gasteiger partial charge in [0.25, 0.3) is 5.91 Å². The summed E-state index contributed by atoms with van der Waals surface area (Å²) in [7, 11) is 0. The molecular weight excluding hydrogens is 282 g/mol. The summed E-state index contributed by atoms with van der Waals surface area (Å²) in [4.78, 5) is 33.2. The molecule has 114 valence electrons. The zero-order valence-corrected chi connectivity index (χ0v) is 12.2. The molecular formula is C17H17NO4. The van der Waals surface area contributed by atoms with Crippen molar-refractivity contribution in [1.29, 1.82) is 0 Å². The number of benzene rings is 2. The molecule has 2 aromatic carbocycles. The number of carbonyl (C=O) groups excluding carboxylic acids is 2. The lowest BCUT2D eigenvalue weighted by Crippen LogP contribution is -2.14. The molecule has 0 unspecified atom stereocenters. The van der Waals surface area contributed by atoms with Gasteiger partial charge in [0.1, 0.15) is 0 Å². The van der Waals surface area contributed by atoms with Crippen molar-refractivity contribution in [3.05, 3.63) is 60.2 Å². The third kappa shape index (κ3) is 4.34. The molecule has 0 saturated heterocycles. The highest BCUT2D eigenvalue weighted by atomic mass is 17.2. The summed E-state index contributed by atoms with van der Waals surface area (Å²) >= 11 is 0. The van der Waals surface area contributed by atoms with Gasteiger partial charge in [-0.1, -0.05) is 37.3 Å². The van der Waals surface area contributed by atoms with Gasteiger partial charge in [-0.15, -0.1) is 0 Å². The van der Waals surface area contributed by atoms with Crippen LogP contribution in [0.4, 0.5) is 5.69 Å². The molecule has 0 aliphatic rings. The number of anilines is 1. The Morgan fingerprint density at radius 1 is 1.00 bits per heavy atom. The monoisotopic (exact) mass is 299 g/mol. The minimum atomic E-state index is -0.452. The van der Waals surface area contributed by atoms with Gasteiger partial charge in [0.2, 0.25) is 5.75 Å². The minimum absolute atomic E-state index is 0.267. The third-order valence-corrected chi connectivity index (χ3v) is 2.85. The molecule has 2 aromatic rings. The van der Waals surface area contributed by atoms with Crippen LogP contribution in [0.1, 0.15) is 30.1 Å². The number of para-hydroxylation sites is 2. The normalized spacial score (nSPS) is 9.86. The predicted molar refractivity (Wildman–Crippen MR) is 82.5 cm³/mol. The molecule has 1 N–H and O–H groups in total. The van der Waals surface area contributed by atoms with Crippen LogP contribution >= 0.6 is 0 Å². The maximum atomic E-state index is 12.1. The highest BCUT2D eigenvalue weighted by Crippen LogP contribution is 2.24. The molecule has 0 aliphatic carbocycles. The van der Waals surface area contributed by atoms with Gasteiger partial charge in [-0.3, -0.25) is 14.6 Å². The van der Waals surface area contributed by atoms with E-state index in [1.165, 1.54) is 0 Å². The molecule has 1 amide bonds. The highest BCUT2D eigenvalue weighted by Gasteiger charge is 2.11. The van der Waals surface area contributed by atoms with Crippen molar-refractivity contribution in [1.82, 2.24) is 0 Å². The smallest absolute Gasteiger partial charge is 0.319 e. The second-order valence-corrected chi connectivity index (χ2v) is 4.60. The van der Waals surface area contributed by atoms with E-state index in [9.17, 15) is 9.59 Å². The standard InChI is InChI=1S/C17H17NO4/c1-2-8-16(19)22-21-15-12-7-6-11-14(15)18-17(20)13-9-4-3-5-10-13/h3-7,9-12H,2,8H2,1H3,(H,18,20). The van der Waals surface area contributed by atoms with Crippen LogP contribution in [-0.4, -0.2) is 11.9 Å². The number of nitrogens with one attached hydrogen (secondary N) is 1. The van der Waals surface area contributed by atoms with Gasteiger partial charge in [0.05, 0.1) is 5.69 Å². The fourth-order valence-electron chi connectivity index (χ4n) is 1.76. The Morgan fingerprint density at radius 2 is 1.68 bits per heavy atom. The maximum Gasteiger partial charge on any atom is 0.355 e. The Morgan fingerprint density at radius 3 is 2.41 bits per heavy atom. The maximum absolute atomic E-state index is 12.1. The minimum Gasteiger partial charge on any atom is -0.319 e. The lowest BCUT2D eigenvalue weighted by atomic mass is 10.2. The van der Waals surface area contributed by atoms with E-state index in [0.717, 1.165) is 0 Å². The van der Waals surface area contributed by atoms with Crippen molar-refractivity contribution in [2.75, 3.05) is 5.32 Å². The second-order valence-electron chi connectivity index (χ2n) is 4.60. The molecule has 0 heterocycles. The van der Waals surface area contributed by atoms with Gasteiger partial charge in [-0.2, -0.15) is 0 Å². The molecule has 0 spiro atoms. The molecule has 0 aliphatic heterocycles. The Balaban J connectivity index is 2.05. The van der Waals surface area contributed by atoms with Gasteiger partial charge in [-0.25, -0.2) is 4.79 Å². The van der Waals surface area contributed by atoms with Crippen molar-refractivity contribution in [3.63, 3.8) is 0 Å². The van der Waals surface area contributed by atoms with Gasteiger partial charge in [0.15, 0.2) is 0 Å². The van der Waals surface area contributed by atoms with E-state index in [0.29, 0.717) is 17.7 Å². The van der Waals surface area contributed by atoms with Crippen LogP contribution in [0.15, 0.2) is 54.6 Å². The number of hydrogen-bond donors (Lipinski definition) is 1. The van der Waals surface area contributed by atoms with Gasteiger partial charge >= 0.3 is 5.97 Å². The zero-order chi connectivity index (χ0) is 15.8. The van der Waals surface area contributed by atoms with E-state index in [-0.39, 0.29) is 18.1 Å². The van der Waals surface area contributed by atoms with Crippen LogP contribution in [0.5, 0.6) is 5.75 Å². The average Bonchev–Trinajstić information content (AvgIpc) is 2.55. The SMILES string of the molecule is CCCC(=O)OOc1ccccc1NC(=O)c1ccccc1. The first-order chi connectivity index (χ1) is 10.7. The van der Waals surface area contributed by atoms with Crippen molar-refractivity contribution in [2.45, 2.75) is 19.8 Å². The van der Waals surface area contributed by atoms with Gasteiger partial charge in [-0.05, 0) is 30.7 Å². The third-order valence-electron chi connectivity index (χ3n) is 2.85. The summed E-state index contributed by atoms with van der Waals surface area (Å²) in [5.41, 5.74) is 0.959. The highest BCUT2D eigenvalue weighted by molar-refractivity contribution is 6.04. The van der Waals surface area contributed by atoms with E-state index >= 15 is 0 Å². The van der Waals surface area contributed by atoms with E-state index in [1.54, 1.807) is 48.5 Å². The first-order valence-electron chi connectivity index (χ1n) is 7.03. The van der Waals surface area contributed by atoms with Gasteiger partial charge < -0.3 is 5.32 Å². The molecule has 5 nitrogen and oxygen atoms in total. The van der Waals surface area contributed by atoms with Crippen molar-refractivity contribution < 1.29 is 19.4 Å². The lowest BCUT2D eigenvalue weighted by Gasteiger charge is -2.10. The van der Waals surface area contributed by atoms with E-state index in [1.807, 2.05) is 13.0 Å². The van der Waals surface area contributed by atoms with Crippen LogP contribution in [0.3, 0.4) is 0 Å². The largest absolute Gasteiger partial charge is 0.355 e. The van der Waals surface area contributed by atoms with Crippen LogP contribution in [0.2, 0.25) is 0 Å². The number of carbonyl (C=O) groups is 2. The molecule has 0 fully saturated rings. The average molecular weight is 299 g/mol. The molecule has 22 heavy (non-hydrogen) atoms. The van der Waals surface area contributed by atoms with Crippen molar-refractivity contribution in [3.8, 4) is 5.75 Å². The fourth-order valence-corrected chi connectivity index (χ4v) is 1.76. The molecule has 0 bridgehead atoms. The summed E-state index contributed by atoms with van der Waals surface area (Å²) in [5.74, 6) is -0.445. The molecule has 2 rings (SSSR count). The molecule has 0 aromatic heterocycles. The molecule has 0 saturated carbocycles. The Labute approximate surface area is 128 Å². The van der Waals surface area contributed by atoms with Crippen LogP contribution in [0, 0.1) is 0 Å². The zero-order valence-electron chi connectivity index (χ0n) is 12.2. The summed E-state index contributed by atoms with van der Waals surface area (Å²) in [6, 6.07) is 15.6. The molecule has 0 atom stereocenters. The number of rotatable bonds is 6. The molecule has 5 heteroatoms. The Kier molecular flexibility index (Phi) is 5.54.